The number of nitro groups is 1. The van der Waals surface area contributed by atoms with E-state index in [1.54, 1.807) is 25.2 Å². The Kier molecular flexibility index (Phi) is 4.55. The molecular formula is C15H13ClN2O3. The van der Waals surface area contributed by atoms with Gasteiger partial charge in [-0.1, -0.05) is 41.9 Å². The lowest BCUT2D eigenvalue weighted by atomic mass is 10.1. The van der Waals surface area contributed by atoms with Gasteiger partial charge in [-0.25, -0.2) is 0 Å². The topological polar surface area (TPSA) is 63.5 Å². The van der Waals surface area contributed by atoms with Crippen molar-refractivity contribution in [2.75, 3.05) is 7.05 Å². The maximum atomic E-state index is 12.4. The van der Waals surface area contributed by atoms with Crippen molar-refractivity contribution >= 4 is 23.2 Å². The molecule has 0 aliphatic heterocycles. The van der Waals surface area contributed by atoms with E-state index in [1.165, 1.54) is 23.1 Å². The van der Waals surface area contributed by atoms with Gasteiger partial charge in [0.05, 0.1) is 4.92 Å². The van der Waals surface area contributed by atoms with Crippen molar-refractivity contribution in [3.8, 4) is 0 Å². The van der Waals surface area contributed by atoms with Gasteiger partial charge in [-0.05, 0) is 17.7 Å². The first kappa shape index (κ1) is 15.0. The monoisotopic (exact) mass is 304 g/mol. The van der Waals surface area contributed by atoms with Crippen LogP contribution in [-0.2, 0) is 6.54 Å². The van der Waals surface area contributed by atoms with Gasteiger partial charge in [0.2, 0.25) is 0 Å². The maximum Gasteiger partial charge on any atom is 0.282 e. The summed E-state index contributed by atoms with van der Waals surface area (Å²) in [5, 5.41) is 11.5. The number of hydrogen-bond acceptors (Lipinski definition) is 3. The lowest BCUT2D eigenvalue weighted by molar-refractivity contribution is -0.385. The Bertz CT molecular complexity index is 688. The number of halogens is 1. The highest BCUT2D eigenvalue weighted by Gasteiger charge is 2.22. The van der Waals surface area contributed by atoms with E-state index in [1.807, 2.05) is 12.1 Å². The Hall–Kier alpha value is -2.40. The molecule has 1 amide bonds. The number of hydrogen-bond donors (Lipinski definition) is 0. The summed E-state index contributed by atoms with van der Waals surface area (Å²) in [6.07, 6.45) is 0. The van der Waals surface area contributed by atoms with Crippen LogP contribution < -0.4 is 0 Å². The summed E-state index contributed by atoms with van der Waals surface area (Å²) in [7, 11) is 1.59. The second-order valence-corrected chi connectivity index (χ2v) is 4.93. The normalized spacial score (nSPS) is 10.2. The molecule has 0 fully saturated rings. The van der Waals surface area contributed by atoms with Crippen LogP contribution in [-0.4, -0.2) is 22.8 Å². The molecular weight excluding hydrogens is 292 g/mol. The van der Waals surface area contributed by atoms with Gasteiger partial charge in [-0.3, -0.25) is 14.9 Å². The number of nitro benzene ring substituents is 1. The Morgan fingerprint density at radius 2 is 1.81 bits per heavy atom. The fraction of sp³-hybridized carbons (Fsp3) is 0.133. The Morgan fingerprint density at radius 3 is 2.48 bits per heavy atom. The van der Waals surface area contributed by atoms with Crippen molar-refractivity contribution in [1.29, 1.82) is 0 Å². The number of carbonyl (C=O) groups excluding carboxylic acids is 1. The Morgan fingerprint density at radius 1 is 1.19 bits per heavy atom. The van der Waals surface area contributed by atoms with Crippen LogP contribution in [0.5, 0.6) is 0 Å². The SMILES string of the molecule is CN(Cc1ccccc1Cl)C(=O)c1ccccc1[N+](=O)[O-]. The Labute approximate surface area is 126 Å². The highest BCUT2D eigenvalue weighted by molar-refractivity contribution is 6.31. The molecule has 0 saturated heterocycles. The molecule has 0 spiro atoms. The summed E-state index contributed by atoms with van der Waals surface area (Å²) in [6, 6.07) is 13.1. The molecule has 0 radical (unpaired) electrons. The van der Waals surface area contributed by atoms with E-state index in [0.29, 0.717) is 5.02 Å². The molecule has 2 rings (SSSR count). The van der Waals surface area contributed by atoms with Gasteiger partial charge >= 0.3 is 0 Å². The molecule has 0 atom stereocenters. The van der Waals surface area contributed by atoms with Gasteiger partial charge in [0, 0.05) is 24.7 Å². The molecule has 2 aromatic carbocycles. The molecule has 2 aromatic rings. The number of rotatable bonds is 4. The van der Waals surface area contributed by atoms with E-state index in [9.17, 15) is 14.9 Å². The smallest absolute Gasteiger partial charge is 0.282 e. The van der Waals surface area contributed by atoms with Crippen LogP contribution in [0.1, 0.15) is 15.9 Å². The minimum absolute atomic E-state index is 0.0667. The average molecular weight is 305 g/mol. The summed E-state index contributed by atoms with van der Waals surface area (Å²) in [4.78, 5) is 24.2. The van der Waals surface area contributed by atoms with Crippen LogP contribution in [0, 0.1) is 10.1 Å². The van der Waals surface area contributed by atoms with Crippen molar-refractivity contribution in [1.82, 2.24) is 4.90 Å². The maximum absolute atomic E-state index is 12.4. The zero-order valence-corrected chi connectivity index (χ0v) is 12.1. The van der Waals surface area contributed by atoms with Gasteiger partial charge < -0.3 is 4.90 Å². The van der Waals surface area contributed by atoms with Crippen LogP contribution in [0.25, 0.3) is 0 Å². The fourth-order valence-corrected chi connectivity index (χ4v) is 2.17. The standard InChI is InChI=1S/C15H13ClN2O3/c1-17(10-11-6-2-4-8-13(11)16)15(19)12-7-3-5-9-14(12)18(20)21/h2-9H,10H2,1H3. The second-order valence-electron chi connectivity index (χ2n) is 4.53. The van der Waals surface area contributed by atoms with E-state index in [4.69, 9.17) is 11.6 Å². The predicted molar refractivity (Wildman–Crippen MR) is 80.3 cm³/mol. The molecule has 6 heteroatoms. The van der Waals surface area contributed by atoms with E-state index in [2.05, 4.69) is 0 Å². The number of nitrogens with zero attached hydrogens (tertiary/aromatic N) is 2. The zero-order valence-electron chi connectivity index (χ0n) is 11.3. The first-order valence-electron chi connectivity index (χ1n) is 6.23. The van der Waals surface area contributed by atoms with Crippen molar-refractivity contribution in [3.63, 3.8) is 0 Å². The van der Waals surface area contributed by atoms with Crippen LogP contribution in [0.3, 0.4) is 0 Å². The third-order valence-electron chi connectivity index (χ3n) is 3.04. The van der Waals surface area contributed by atoms with Crippen molar-refractivity contribution in [3.05, 3.63) is 74.8 Å². The number of carbonyl (C=O) groups is 1. The molecule has 5 nitrogen and oxygen atoms in total. The van der Waals surface area contributed by atoms with Crippen LogP contribution in [0.2, 0.25) is 5.02 Å². The predicted octanol–water partition coefficient (Wildman–Crippen LogP) is 3.52. The highest BCUT2D eigenvalue weighted by Crippen LogP contribution is 2.21. The molecule has 0 saturated carbocycles. The molecule has 0 aromatic heterocycles. The summed E-state index contributed by atoms with van der Waals surface area (Å²) >= 11 is 6.05. The van der Waals surface area contributed by atoms with E-state index < -0.39 is 10.8 Å². The molecule has 0 N–H and O–H groups in total. The minimum atomic E-state index is -0.559. The molecule has 21 heavy (non-hydrogen) atoms. The first-order valence-corrected chi connectivity index (χ1v) is 6.61. The molecule has 0 heterocycles. The van der Waals surface area contributed by atoms with Gasteiger partial charge in [0.15, 0.2) is 0 Å². The van der Waals surface area contributed by atoms with Crippen LogP contribution in [0.4, 0.5) is 5.69 Å². The Balaban J connectivity index is 2.24. The van der Waals surface area contributed by atoms with Gasteiger partial charge in [0.25, 0.3) is 11.6 Å². The van der Waals surface area contributed by atoms with E-state index >= 15 is 0 Å². The summed E-state index contributed by atoms with van der Waals surface area (Å²) < 4.78 is 0. The van der Waals surface area contributed by atoms with Crippen LogP contribution >= 0.6 is 11.6 Å². The lowest BCUT2D eigenvalue weighted by Crippen LogP contribution is -2.27. The van der Waals surface area contributed by atoms with E-state index in [0.717, 1.165) is 5.56 Å². The summed E-state index contributed by atoms with van der Waals surface area (Å²) in [5.41, 5.74) is 0.652. The van der Waals surface area contributed by atoms with Crippen LogP contribution in [0.15, 0.2) is 48.5 Å². The number of para-hydroxylation sites is 1. The van der Waals surface area contributed by atoms with Crippen molar-refractivity contribution in [2.24, 2.45) is 0 Å². The molecule has 0 aliphatic carbocycles. The largest absolute Gasteiger partial charge is 0.337 e. The minimum Gasteiger partial charge on any atom is -0.337 e. The average Bonchev–Trinajstić information content (AvgIpc) is 2.48. The molecule has 108 valence electrons. The summed E-state index contributed by atoms with van der Waals surface area (Å²) in [6.45, 7) is 0.282. The first-order chi connectivity index (χ1) is 10.0. The van der Waals surface area contributed by atoms with E-state index in [-0.39, 0.29) is 17.8 Å². The highest BCUT2D eigenvalue weighted by atomic mass is 35.5. The summed E-state index contributed by atoms with van der Waals surface area (Å²) in [5.74, 6) is -0.415. The second kappa shape index (κ2) is 6.37. The van der Waals surface area contributed by atoms with Gasteiger partial charge in [-0.15, -0.1) is 0 Å². The van der Waals surface area contributed by atoms with Crippen molar-refractivity contribution in [2.45, 2.75) is 6.54 Å². The number of benzene rings is 2. The third kappa shape index (κ3) is 3.38. The molecule has 0 aliphatic rings. The van der Waals surface area contributed by atoms with Crippen molar-refractivity contribution < 1.29 is 9.72 Å². The van der Waals surface area contributed by atoms with Gasteiger partial charge in [0.1, 0.15) is 5.56 Å². The lowest BCUT2D eigenvalue weighted by Gasteiger charge is -2.18. The third-order valence-corrected chi connectivity index (χ3v) is 3.41. The van der Waals surface area contributed by atoms with Gasteiger partial charge in [-0.2, -0.15) is 0 Å². The molecule has 0 bridgehead atoms. The zero-order chi connectivity index (χ0) is 15.4. The quantitative estimate of drug-likeness (QED) is 0.641. The number of amides is 1. The molecule has 0 unspecified atom stereocenters. The fourth-order valence-electron chi connectivity index (χ4n) is 1.97.